The minimum atomic E-state index is -0.143. The van der Waals surface area contributed by atoms with Gasteiger partial charge in [-0.1, -0.05) is 6.08 Å². The number of hydrogen-bond donors (Lipinski definition) is 1. The second-order valence-corrected chi connectivity index (χ2v) is 4.79. The summed E-state index contributed by atoms with van der Waals surface area (Å²) in [5.41, 5.74) is 6.97. The normalized spacial score (nSPS) is 25.1. The molecule has 0 amide bonds. The summed E-state index contributed by atoms with van der Waals surface area (Å²) in [6.07, 6.45) is 10.4. The van der Waals surface area contributed by atoms with Crippen molar-refractivity contribution < 1.29 is 4.79 Å². The van der Waals surface area contributed by atoms with Crippen LogP contribution in [0.5, 0.6) is 0 Å². The van der Waals surface area contributed by atoms with Crippen molar-refractivity contribution in [2.24, 2.45) is 5.73 Å². The number of rotatable bonds is 3. The third-order valence-corrected chi connectivity index (χ3v) is 3.51. The van der Waals surface area contributed by atoms with Gasteiger partial charge in [-0.05, 0) is 50.5 Å². The van der Waals surface area contributed by atoms with E-state index in [-0.39, 0.29) is 5.54 Å². The summed E-state index contributed by atoms with van der Waals surface area (Å²) < 4.78 is 0. The predicted octanol–water partition coefficient (Wildman–Crippen LogP) is 2.33. The molecule has 0 bridgehead atoms. The van der Waals surface area contributed by atoms with Crippen LogP contribution >= 0.6 is 0 Å². The van der Waals surface area contributed by atoms with Crippen LogP contribution in [-0.4, -0.2) is 11.3 Å². The van der Waals surface area contributed by atoms with Gasteiger partial charge in [0.15, 0.2) is 5.78 Å². The molecule has 2 rings (SSSR count). The van der Waals surface area contributed by atoms with Crippen LogP contribution in [0.1, 0.15) is 51.4 Å². The molecule has 2 aliphatic rings. The van der Waals surface area contributed by atoms with Crippen molar-refractivity contribution in [2.45, 2.75) is 56.9 Å². The maximum absolute atomic E-state index is 11.9. The number of ketones is 1. The van der Waals surface area contributed by atoms with Crippen molar-refractivity contribution in [3.05, 3.63) is 11.6 Å². The van der Waals surface area contributed by atoms with Gasteiger partial charge in [-0.3, -0.25) is 4.79 Å². The lowest BCUT2D eigenvalue weighted by molar-refractivity contribution is -0.117. The summed E-state index contributed by atoms with van der Waals surface area (Å²) in [6.45, 7) is 0. The zero-order chi connectivity index (χ0) is 10.0. The lowest BCUT2D eigenvalue weighted by atomic mass is 9.73. The SMILES string of the molecule is NC1(CC(=O)C2=CCCCC2)CCC1. The summed E-state index contributed by atoms with van der Waals surface area (Å²) >= 11 is 0. The van der Waals surface area contributed by atoms with Crippen molar-refractivity contribution in [2.75, 3.05) is 0 Å². The van der Waals surface area contributed by atoms with Gasteiger partial charge in [0.25, 0.3) is 0 Å². The molecule has 0 aromatic heterocycles. The number of allylic oxidation sites excluding steroid dienone is 2. The average molecular weight is 193 g/mol. The maximum Gasteiger partial charge on any atom is 0.160 e. The molecule has 2 aliphatic carbocycles. The molecule has 0 atom stereocenters. The third kappa shape index (κ3) is 2.06. The summed E-state index contributed by atoms with van der Waals surface area (Å²) in [5.74, 6) is 0.312. The first-order valence-electron chi connectivity index (χ1n) is 5.71. The lowest BCUT2D eigenvalue weighted by Gasteiger charge is -2.37. The standard InChI is InChI=1S/C12H19NO/c13-12(7-4-8-12)9-11(14)10-5-2-1-3-6-10/h5H,1-4,6-9,13H2. The summed E-state index contributed by atoms with van der Waals surface area (Å²) in [7, 11) is 0. The van der Waals surface area contributed by atoms with Crippen molar-refractivity contribution in [3.63, 3.8) is 0 Å². The molecule has 2 heteroatoms. The Hall–Kier alpha value is -0.630. The minimum absolute atomic E-state index is 0.143. The number of Topliss-reactive ketones (excluding diaryl/α,β-unsaturated/α-hetero) is 1. The topological polar surface area (TPSA) is 43.1 Å². The second kappa shape index (κ2) is 3.85. The van der Waals surface area contributed by atoms with Gasteiger partial charge in [0.2, 0.25) is 0 Å². The van der Waals surface area contributed by atoms with Crippen molar-refractivity contribution in [3.8, 4) is 0 Å². The molecule has 78 valence electrons. The summed E-state index contributed by atoms with van der Waals surface area (Å²) in [5, 5.41) is 0. The Bertz CT molecular complexity index is 263. The first kappa shape index (κ1) is 9.91. The summed E-state index contributed by atoms with van der Waals surface area (Å²) in [6, 6.07) is 0. The van der Waals surface area contributed by atoms with Crippen LogP contribution in [0.15, 0.2) is 11.6 Å². The Balaban J connectivity index is 1.91. The first-order chi connectivity index (χ1) is 6.70. The molecule has 0 heterocycles. The Morgan fingerprint density at radius 1 is 1.36 bits per heavy atom. The molecule has 1 saturated carbocycles. The smallest absolute Gasteiger partial charge is 0.160 e. The highest BCUT2D eigenvalue weighted by atomic mass is 16.1. The van der Waals surface area contributed by atoms with E-state index < -0.39 is 0 Å². The van der Waals surface area contributed by atoms with E-state index in [9.17, 15) is 4.79 Å². The molecule has 0 aromatic carbocycles. The van der Waals surface area contributed by atoms with Gasteiger partial charge in [0, 0.05) is 12.0 Å². The van der Waals surface area contributed by atoms with E-state index in [1.165, 1.54) is 19.3 Å². The van der Waals surface area contributed by atoms with E-state index in [2.05, 4.69) is 6.08 Å². The molecule has 0 aromatic rings. The number of hydrogen-bond acceptors (Lipinski definition) is 2. The number of carbonyl (C=O) groups excluding carboxylic acids is 1. The largest absolute Gasteiger partial charge is 0.325 e. The highest BCUT2D eigenvalue weighted by molar-refractivity contribution is 5.96. The fourth-order valence-corrected chi connectivity index (χ4v) is 2.33. The zero-order valence-corrected chi connectivity index (χ0v) is 8.72. The molecule has 0 saturated heterocycles. The molecule has 2 nitrogen and oxygen atoms in total. The van der Waals surface area contributed by atoms with E-state index in [1.807, 2.05) is 0 Å². The molecule has 0 aliphatic heterocycles. The van der Waals surface area contributed by atoms with Crippen LogP contribution in [0.25, 0.3) is 0 Å². The molecule has 2 N–H and O–H groups in total. The van der Waals surface area contributed by atoms with E-state index in [0.29, 0.717) is 12.2 Å². The van der Waals surface area contributed by atoms with Gasteiger partial charge in [0.05, 0.1) is 0 Å². The highest BCUT2D eigenvalue weighted by Gasteiger charge is 2.35. The van der Waals surface area contributed by atoms with Crippen molar-refractivity contribution in [1.29, 1.82) is 0 Å². The van der Waals surface area contributed by atoms with Crippen LogP contribution in [0, 0.1) is 0 Å². The van der Waals surface area contributed by atoms with Gasteiger partial charge in [-0.2, -0.15) is 0 Å². The van der Waals surface area contributed by atoms with Gasteiger partial charge in [0.1, 0.15) is 0 Å². The van der Waals surface area contributed by atoms with Gasteiger partial charge in [-0.25, -0.2) is 0 Å². The minimum Gasteiger partial charge on any atom is -0.325 e. The van der Waals surface area contributed by atoms with Crippen molar-refractivity contribution in [1.82, 2.24) is 0 Å². The van der Waals surface area contributed by atoms with E-state index in [4.69, 9.17) is 5.73 Å². The van der Waals surface area contributed by atoms with Crippen LogP contribution in [0.2, 0.25) is 0 Å². The van der Waals surface area contributed by atoms with Crippen molar-refractivity contribution >= 4 is 5.78 Å². The Kier molecular flexibility index (Phi) is 2.73. The van der Waals surface area contributed by atoms with Gasteiger partial charge in [-0.15, -0.1) is 0 Å². The quantitative estimate of drug-likeness (QED) is 0.747. The molecular weight excluding hydrogens is 174 g/mol. The maximum atomic E-state index is 11.9. The fraction of sp³-hybridized carbons (Fsp3) is 0.750. The van der Waals surface area contributed by atoms with E-state index >= 15 is 0 Å². The number of carbonyl (C=O) groups is 1. The number of nitrogens with two attached hydrogens (primary N) is 1. The van der Waals surface area contributed by atoms with E-state index in [0.717, 1.165) is 31.3 Å². The second-order valence-electron chi connectivity index (χ2n) is 4.79. The average Bonchev–Trinajstić information content (AvgIpc) is 2.17. The van der Waals surface area contributed by atoms with Crippen LogP contribution in [0.4, 0.5) is 0 Å². The molecule has 1 fully saturated rings. The predicted molar refractivity (Wildman–Crippen MR) is 56.9 cm³/mol. The van der Waals surface area contributed by atoms with E-state index in [1.54, 1.807) is 0 Å². The Morgan fingerprint density at radius 2 is 2.14 bits per heavy atom. The zero-order valence-electron chi connectivity index (χ0n) is 8.72. The van der Waals surface area contributed by atoms with Gasteiger partial charge < -0.3 is 5.73 Å². The Labute approximate surface area is 85.6 Å². The molecule has 0 spiro atoms. The molecule has 14 heavy (non-hydrogen) atoms. The van der Waals surface area contributed by atoms with Crippen LogP contribution < -0.4 is 5.73 Å². The monoisotopic (exact) mass is 193 g/mol. The fourth-order valence-electron chi connectivity index (χ4n) is 2.33. The Morgan fingerprint density at radius 3 is 2.64 bits per heavy atom. The van der Waals surface area contributed by atoms with Crippen LogP contribution in [0.3, 0.4) is 0 Å². The van der Waals surface area contributed by atoms with Crippen LogP contribution in [-0.2, 0) is 4.79 Å². The molecule has 0 unspecified atom stereocenters. The first-order valence-corrected chi connectivity index (χ1v) is 5.71. The lowest BCUT2D eigenvalue weighted by Crippen LogP contribution is -2.48. The summed E-state index contributed by atoms with van der Waals surface area (Å²) in [4.78, 5) is 11.9. The van der Waals surface area contributed by atoms with Gasteiger partial charge >= 0.3 is 0 Å². The molecule has 0 radical (unpaired) electrons. The third-order valence-electron chi connectivity index (χ3n) is 3.51. The highest BCUT2D eigenvalue weighted by Crippen LogP contribution is 2.34. The molecular formula is C12H19NO.